The molecule has 0 fully saturated rings. The zero-order chi connectivity index (χ0) is 19.2. The molecule has 2 aromatic heterocycles. The first-order chi connectivity index (χ1) is 13.1. The number of rotatable bonds is 6. The Labute approximate surface area is 159 Å². The molecule has 27 heavy (non-hydrogen) atoms. The maximum Gasteiger partial charge on any atom is 0.254 e. The Morgan fingerprint density at radius 3 is 2.30 bits per heavy atom. The highest BCUT2D eigenvalue weighted by atomic mass is 16.2. The van der Waals surface area contributed by atoms with Crippen LogP contribution in [-0.2, 0) is 0 Å². The van der Waals surface area contributed by atoms with E-state index in [9.17, 15) is 4.79 Å². The van der Waals surface area contributed by atoms with E-state index in [1.807, 2.05) is 48.2 Å². The van der Waals surface area contributed by atoms with Gasteiger partial charge in [-0.05, 0) is 31.0 Å². The number of carbonyl (C=O) groups excluding carboxylic acids is 1. The maximum atomic E-state index is 13.0. The molecule has 0 bridgehead atoms. The number of benzene rings is 1. The van der Waals surface area contributed by atoms with Gasteiger partial charge in [-0.25, -0.2) is 9.97 Å². The van der Waals surface area contributed by atoms with Crippen molar-refractivity contribution in [3.8, 4) is 22.4 Å². The Morgan fingerprint density at radius 1 is 0.963 bits per heavy atom. The fourth-order valence-electron chi connectivity index (χ4n) is 2.96. The first-order valence-electron chi connectivity index (χ1n) is 9.06. The lowest BCUT2D eigenvalue weighted by Crippen LogP contribution is -2.31. The zero-order valence-electron chi connectivity index (χ0n) is 15.6. The molecule has 0 aliphatic carbocycles. The number of pyridine rings is 1. The molecule has 1 amide bonds. The van der Waals surface area contributed by atoms with E-state index in [1.54, 1.807) is 18.6 Å². The summed E-state index contributed by atoms with van der Waals surface area (Å²) in [5, 5.41) is 0. The van der Waals surface area contributed by atoms with Crippen LogP contribution in [0.4, 0.5) is 5.95 Å². The van der Waals surface area contributed by atoms with Crippen LogP contribution in [0.3, 0.4) is 0 Å². The molecule has 0 atom stereocenters. The van der Waals surface area contributed by atoms with Gasteiger partial charge in [0.2, 0.25) is 5.95 Å². The topological polar surface area (TPSA) is 85.0 Å². The first kappa shape index (κ1) is 18.5. The number of carbonyl (C=O) groups is 1. The Kier molecular flexibility index (Phi) is 5.76. The molecule has 0 aliphatic heterocycles. The second-order valence-electron chi connectivity index (χ2n) is 6.19. The number of hydrogen-bond donors (Lipinski definition) is 1. The van der Waals surface area contributed by atoms with Crippen molar-refractivity contribution in [2.45, 2.75) is 20.3 Å². The van der Waals surface area contributed by atoms with Crippen molar-refractivity contribution in [1.29, 1.82) is 0 Å². The van der Waals surface area contributed by atoms with E-state index in [4.69, 9.17) is 5.73 Å². The van der Waals surface area contributed by atoms with Gasteiger partial charge < -0.3 is 10.6 Å². The van der Waals surface area contributed by atoms with Crippen LogP contribution in [0.2, 0.25) is 0 Å². The maximum absolute atomic E-state index is 13.0. The molecule has 0 saturated heterocycles. The highest BCUT2D eigenvalue weighted by molar-refractivity contribution is 6.00. The van der Waals surface area contributed by atoms with Gasteiger partial charge in [0.15, 0.2) is 0 Å². The molecule has 0 radical (unpaired) electrons. The lowest BCUT2D eigenvalue weighted by molar-refractivity contribution is 0.0765. The van der Waals surface area contributed by atoms with Crippen LogP contribution in [0.15, 0.2) is 55.0 Å². The number of aromatic nitrogens is 3. The predicted octanol–water partition coefficient (Wildman–Crippen LogP) is 3.66. The van der Waals surface area contributed by atoms with Crippen LogP contribution in [0.1, 0.15) is 30.6 Å². The zero-order valence-corrected chi connectivity index (χ0v) is 15.6. The number of hydrogen-bond acceptors (Lipinski definition) is 5. The van der Waals surface area contributed by atoms with Gasteiger partial charge in [0.25, 0.3) is 5.91 Å². The third-order valence-electron chi connectivity index (χ3n) is 4.36. The van der Waals surface area contributed by atoms with Crippen molar-refractivity contribution in [1.82, 2.24) is 19.9 Å². The molecule has 0 aliphatic rings. The molecule has 138 valence electrons. The normalized spacial score (nSPS) is 10.6. The van der Waals surface area contributed by atoms with Gasteiger partial charge in [-0.2, -0.15) is 0 Å². The van der Waals surface area contributed by atoms with Crippen LogP contribution in [0.5, 0.6) is 0 Å². The van der Waals surface area contributed by atoms with E-state index in [-0.39, 0.29) is 11.9 Å². The van der Waals surface area contributed by atoms with E-state index in [0.29, 0.717) is 12.1 Å². The van der Waals surface area contributed by atoms with Gasteiger partial charge in [0, 0.05) is 48.4 Å². The number of amides is 1. The quantitative estimate of drug-likeness (QED) is 0.724. The minimum absolute atomic E-state index is 0.0472. The standard InChI is InChI=1S/C21H23N5O/c1-3-11-26(4-2)20(27)18-8-6-5-7-17(18)15-9-10-19(23-12-15)16-13-24-21(22)25-14-16/h5-10,12-14H,3-4,11H2,1-2H3,(H2,22,24,25). The molecule has 3 rings (SSSR count). The molecule has 0 spiro atoms. The van der Waals surface area contributed by atoms with Crippen molar-refractivity contribution < 1.29 is 4.79 Å². The van der Waals surface area contributed by atoms with Crippen molar-refractivity contribution in [3.05, 3.63) is 60.6 Å². The Balaban J connectivity index is 1.93. The lowest BCUT2D eigenvalue weighted by atomic mass is 9.99. The Morgan fingerprint density at radius 2 is 1.67 bits per heavy atom. The Bertz CT molecular complexity index is 907. The van der Waals surface area contributed by atoms with Gasteiger partial charge in [-0.15, -0.1) is 0 Å². The van der Waals surface area contributed by atoms with Crippen LogP contribution in [-0.4, -0.2) is 38.8 Å². The van der Waals surface area contributed by atoms with Crippen molar-refractivity contribution >= 4 is 11.9 Å². The van der Waals surface area contributed by atoms with Crippen LogP contribution < -0.4 is 5.73 Å². The summed E-state index contributed by atoms with van der Waals surface area (Å²) in [7, 11) is 0. The number of anilines is 1. The highest BCUT2D eigenvalue weighted by Gasteiger charge is 2.17. The summed E-state index contributed by atoms with van der Waals surface area (Å²) in [6.07, 6.45) is 5.99. The smallest absolute Gasteiger partial charge is 0.254 e. The van der Waals surface area contributed by atoms with E-state index in [2.05, 4.69) is 21.9 Å². The lowest BCUT2D eigenvalue weighted by Gasteiger charge is -2.21. The van der Waals surface area contributed by atoms with Crippen molar-refractivity contribution in [3.63, 3.8) is 0 Å². The van der Waals surface area contributed by atoms with Crippen molar-refractivity contribution in [2.75, 3.05) is 18.8 Å². The van der Waals surface area contributed by atoms with Gasteiger partial charge in [-0.1, -0.05) is 31.2 Å². The van der Waals surface area contributed by atoms with Crippen molar-refractivity contribution in [2.24, 2.45) is 0 Å². The summed E-state index contributed by atoms with van der Waals surface area (Å²) in [6.45, 7) is 5.51. The summed E-state index contributed by atoms with van der Waals surface area (Å²) in [4.78, 5) is 27.3. The monoisotopic (exact) mass is 361 g/mol. The molecule has 0 saturated carbocycles. The van der Waals surface area contributed by atoms with E-state index >= 15 is 0 Å². The summed E-state index contributed by atoms with van der Waals surface area (Å²) < 4.78 is 0. The van der Waals surface area contributed by atoms with E-state index in [0.717, 1.165) is 35.3 Å². The second kappa shape index (κ2) is 8.40. The average Bonchev–Trinajstić information content (AvgIpc) is 2.72. The van der Waals surface area contributed by atoms with Crippen LogP contribution in [0, 0.1) is 0 Å². The number of nitrogen functional groups attached to an aromatic ring is 1. The fourth-order valence-corrected chi connectivity index (χ4v) is 2.96. The molecule has 6 nitrogen and oxygen atoms in total. The van der Waals surface area contributed by atoms with Crippen LogP contribution in [0.25, 0.3) is 22.4 Å². The number of nitrogens with zero attached hydrogens (tertiary/aromatic N) is 4. The summed E-state index contributed by atoms with van der Waals surface area (Å²) in [5.74, 6) is 0.279. The van der Waals surface area contributed by atoms with E-state index in [1.165, 1.54) is 0 Å². The summed E-state index contributed by atoms with van der Waals surface area (Å²) >= 11 is 0. The SMILES string of the molecule is CCCN(CC)C(=O)c1ccccc1-c1ccc(-c2cnc(N)nc2)nc1. The van der Waals surface area contributed by atoms with E-state index < -0.39 is 0 Å². The van der Waals surface area contributed by atoms with Gasteiger partial charge in [0.05, 0.1) is 5.69 Å². The van der Waals surface area contributed by atoms with Gasteiger partial charge >= 0.3 is 0 Å². The third-order valence-corrected chi connectivity index (χ3v) is 4.36. The predicted molar refractivity (Wildman–Crippen MR) is 107 cm³/mol. The molecule has 1 aromatic carbocycles. The largest absolute Gasteiger partial charge is 0.368 e. The molecule has 2 N–H and O–H groups in total. The molecule has 3 aromatic rings. The van der Waals surface area contributed by atoms with Gasteiger partial charge in [0.1, 0.15) is 0 Å². The highest BCUT2D eigenvalue weighted by Crippen LogP contribution is 2.26. The summed E-state index contributed by atoms with van der Waals surface area (Å²) in [5.41, 5.74) is 9.54. The molecule has 2 heterocycles. The third kappa shape index (κ3) is 4.11. The average molecular weight is 361 g/mol. The Hall–Kier alpha value is -3.28. The minimum Gasteiger partial charge on any atom is -0.368 e. The van der Waals surface area contributed by atoms with Gasteiger partial charge in [-0.3, -0.25) is 9.78 Å². The minimum atomic E-state index is 0.0472. The fraction of sp³-hybridized carbons (Fsp3) is 0.238. The molecular weight excluding hydrogens is 338 g/mol. The second-order valence-corrected chi connectivity index (χ2v) is 6.19. The molecular formula is C21H23N5O. The molecule has 0 unspecified atom stereocenters. The van der Waals surface area contributed by atoms with Crippen LogP contribution >= 0.6 is 0 Å². The molecule has 6 heteroatoms. The summed E-state index contributed by atoms with van der Waals surface area (Å²) in [6, 6.07) is 11.5. The first-order valence-corrected chi connectivity index (χ1v) is 9.06. The number of nitrogens with two attached hydrogens (primary N) is 1.